The Labute approximate surface area is 121 Å². The van der Waals surface area contributed by atoms with Gasteiger partial charge in [-0.05, 0) is 12.5 Å². The van der Waals surface area contributed by atoms with E-state index < -0.39 is 10.8 Å². The normalized spacial score (nSPS) is 12.9. The molecule has 0 spiro atoms. The summed E-state index contributed by atoms with van der Waals surface area (Å²) >= 11 is 0. The molecule has 108 valence electrons. The lowest BCUT2D eigenvalue weighted by Crippen LogP contribution is -2.28. The van der Waals surface area contributed by atoms with Gasteiger partial charge in [-0.15, -0.1) is 0 Å². The van der Waals surface area contributed by atoms with Gasteiger partial charge >= 0.3 is 0 Å². The number of rotatable bonds is 5. The molecule has 6 heteroatoms. The molecule has 0 fully saturated rings. The van der Waals surface area contributed by atoms with Crippen LogP contribution < -0.4 is 11.1 Å². The number of pyridine rings is 1. The van der Waals surface area contributed by atoms with Crippen LogP contribution in [0.2, 0.25) is 0 Å². The Balaban J connectivity index is 2.66. The predicted octanol–water partition coefficient (Wildman–Crippen LogP) is 0.279. The van der Waals surface area contributed by atoms with Crippen molar-refractivity contribution in [2.75, 3.05) is 19.3 Å². The molecule has 2 atom stereocenters. The third-order valence-corrected chi connectivity index (χ3v) is 4.16. The van der Waals surface area contributed by atoms with E-state index in [0.29, 0.717) is 24.1 Å². The van der Waals surface area contributed by atoms with Gasteiger partial charge in [0.1, 0.15) is 0 Å². The number of aromatic nitrogens is 1. The molecular formula is C14H19N3O2S. The Kier molecular flexibility index (Phi) is 6.91. The summed E-state index contributed by atoms with van der Waals surface area (Å²) in [5, 5.41) is 2.86. The maximum atomic E-state index is 12.1. The van der Waals surface area contributed by atoms with E-state index in [1.54, 1.807) is 24.7 Å². The van der Waals surface area contributed by atoms with Gasteiger partial charge in [0, 0.05) is 41.2 Å². The van der Waals surface area contributed by atoms with E-state index in [1.165, 1.54) is 0 Å². The van der Waals surface area contributed by atoms with Gasteiger partial charge in [-0.1, -0.05) is 18.8 Å². The largest absolute Gasteiger partial charge is 0.352 e. The first-order chi connectivity index (χ1) is 9.56. The van der Waals surface area contributed by atoms with Gasteiger partial charge in [0.15, 0.2) is 0 Å². The molecule has 1 rings (SSSR count). The van der Waals surface area contributed by atoms with Crippen LogP contribution in [-0.2, 0) is 10.8 Å². The van der Waals surface area contributed by atoms with Crippen molar-refractivity contribution in [3.63, 3.8) is 0 Å². The average Bonchev–Trinajstić information content (AvgIpc) is 2.45. The Morgan fingerprint density at radius 1 is 1.60 bits per heavy atom. The van der Waals surface area contributed by atoms with Crippen molar-refractivity contribution in [3.05, 3.63) is 29.6 Å². The summed E-state index contributed by atoms with van der Waals surface area (Å²) in [6, 6.07) is 1.62. The highest BCUT2D eigenvalue weighted by Crippen LogP contribution is 2.05. The van der Waals surface area contributed by atoms with Gasteiger partial charge in [0.25, 0.3) is 5.91 Å². The summed E-state index contributed by atoms with van der Waals surface area (Å²) in [6.07, 6.45) is 5.42. The molecule has 0 saturated heterocycles. The van der Waals surface area contributed by atoms with Crippen LogP contribution in [0.3, 0.4) is 0 Å². The van der Waals surface area contributed by atoms with Crippen molar-refractivity contribution in [1.82, 2.24) is 10.3 Å². The zero-order chi connectivity index (χ0) is 15.0. The number of carbonyl (C=O) groups is 1. The minimum Gasteiger partial charge on any atom is -0.352 e. The quantitative estimate of drug-likeness (QED) is 0.764. The average molecular weight is 293 g/mol. The van der Waals surface area contributed by atoms with Gasteiger partial charge < -0.3 is 11.1 Å². The first-order valence-corrected chi connectivity index (χ1v) is 7.91. The van der Waals surface area contributed by atoms with Crippen molar-refractivity contribution in [2.45, 2.75) is 18.6 Å². The van der Waals surface area contributed by atoms with Crippen LogP contribution in [0.4, 0.5) is 0 Å². The molecule has 1 aromatic rings. The molecule has 3 N–H and O–H groups in total. The lowest BCUT2D eigenvalue weighted by Gasteiger charge is -2.10. The molecule has 0 saturated carbocycles. The second kappa shape index (κ2) is 8.46. The van der Waals surface area contributed by atoms with Crippen molar-refractivity contribution in [2.24, 2.45) is 5.73 Å². The van der Waals surface area contributed by atoms with Crippen molar-refractivity contribution >= 4 is 16.7 Å². The molecule has 1 heterocycles. The fraction of sp³-hybridized carbons (Fsp3) is 0.429. The number of nitrogens with one attached hydrogen (secondary N) is 1. The highest BCUT2D eigenvalue weighted by Gasteiger charge is 2.11. The highest BCUT2D eigenvalue weighted by atomic mass is 32.2. The third kappa shape index (κ3) is 5.11. The first-order valence-electron chi connectivity index (χ1n) is 6.29. The van der Waals surface area contributed by atoms with Gasteiger partial charge in [0.2, 0.25) is 0 Å². The number of amides is 1. The number of hydrogen-bond donors (Lipinski definition) is 2. The van der Waals surface area contributed by atoms with E-state index in [9.17, 15) is 9.00 Å². The van der Waals surface area contributed by atoms with Crippen LogP contribution in [0, 0.1) is 11.8 Å². The summed E-state index contributed by atoms with van der Waals surface area (Å²) < 4.78 is 11.2. The molecule has 5 nitrogen and oxygen atoms in total. The SMILES string of the molecule is CC(CCNC(=O)c1ccncc1C#CCN)S(C)=O. The summed E-state index contributed by atoms with van der Waals surface area (Å²) in [6.45, 7) is 2.61. The van der Waals surface area contributed by atoms with E-state index >= 15 is 0 Å². The van der Waals surface area contributed by atoms with Crippen LogP contribution in [0.15, 0.2) is 18.5 Å². The van der Waals surface area contributed by atoms with Crippen molar-refractivity contribution < 1.29 is 9.00 Å². The van der Waals surface area contributed by atoms with E-state index in [0.717, 1.165) is 0 Å². The molecule has 1 amide bonds. The van der Waals surface area contributed by atoms with Crippen LogP contribution in [-0.4, -0.2) is 39.7 Å². The standard InChI is InChI=1S/C14H19N3O2S/c1-11(20(2)19)5-9-17-14(18)13-6-8-16-10-12(13)4-3-7-15/h6,8,10-11H,5,7,9,15H2,1-2H3,(H,17,18). The first kappa shape index (κ1) is 16.3. The van der Waals surface area contributed by atoms with Gasteiger partial charge in [-0.25, -0.2) is 0 Å². The minimum atomic E-state index is -0.876. The molecule has 0 aliphatic heterocycles. The third-order valence-electron chi connectivity index (χ3n) is 2.79. The molecule has 0 aliphatic carbocycles. The van der Waals surface area contributed by atoms with Crippen LogP contribution in [0.1, 0.15) is 29.3 Å². The molecule has 0 radical (unpaired) electrons. The minimum absolute atomic E-state index is 0.0595. The molecule has 0 aromatic carbocycles. The number of nitrogens with two attached hydrogens (primary N) is 1. The van der Waals surface area contributed by atoms with E-state index in [1.807, 2.05) is 6.92 Å². The molecule has 1 aromatic heterocycles. The molecular weight excluding hydrogens is 274 g/mol. The molecule has 2 unspecified atom stereocenters. The Bertz CT molecular complexity index is 549. The van der Waals surface area contributed by atoms with Gasteiger partial charge in [0.05, 0.1) is 17.7 Å². The second-order valence-corrected chi connectivity index (χ2v) is 6.08. The lowest BCUT2D eigenvalue weighted by molar-refractivity contribution is 0.0953. The summed E-state index contributed by atoms with van der Waals surface area (Å²) in [5.41, 5.74) is 6.36. The van der Waals surface area contributed by atoms with E-state index in [2.05, 4.69) is 22.1 Å². The predicted molar refractivity (Wildman–Crippen MR) is 80.6 cm³/mol. The maximum absolute atomic E-state index is 12.1. The van der Waals surface area contributed by atoms with Crippen molar-refractivity contribution in [1.29, 1.82) is 0 Å². The summed E-state index contributed by atoms with van der Waals surface area (Å²) in [4.78, 5) is 16.0. The zero-order valence-electron chi connectivity index (χ0n) is 11.7. The van der Waals surface area contributed by atoms with Crippen LogP contribution >= 0.6 is 0 Å². The molecule has 0 bridgehead atoms. The van der Waals surface area contributed by atoms with Gasteiger partial charge in [-0.3, -0.25) is 14.0 Å². The smallest absolute Gasteiger partial charge is 0.252 e. The Morgan fingerprint density at radius 3 is 3.00 bits per heavy atom. The summed E-state index contributed by atoms with van der Waals surface area (Å²) in [5.74, 6) is 5.33. The fourth-order valence-corrected chi connectivity index (χ4v) is 1.94. The fourth-order valence-electron chi connectivity index (χ4n) is 1.49. The highest BCUT2D eigenvalue weighted by molar-refractivity contribution is 7.84. The number of nitrogens with zero attached hydrogens (tertiary/aromatic N) is 1. The Morgan fingerprint density at radius 2 is 2.35 bits per heavy atom. The van der Waals surface area contributed by atoms with E-state index in [4.69, 9.17) is 5.73 Å². The molecule has 20 heavy (non-hydrogen) atoms. The number of hydrogen-bond acceptors (Lipinski definition) is 4. The molecule has 0 aliphatic rings. The van der Waals surface area contributed by atoms with Crippen molar-refractivity contribution in [3.8, 4) is 11.8 Å². The zero-order valence-corrected chi connectivity index (χ0v) is 12.5. The topological polar surface area (TPSA) is 85.1 Å². The summed E-state index contributed by atoms with van der Waals surface area (Å²) in [7, 11) is -0.876. The maximum Gasteiger partial charge on any atom is 0.252 e. The van der Waals surface area contributed by atoms with Crippen LogP contribution in [0.25, 0.3) is 0 Å². The Hall–Kier alpha value is -1.71. The lowest BCUT2D eigenvalue weighted by atomic mass is 10.1. The van der Waals surface area contributed by atoms with Gasteiger partial charge in [-0.2, -0.15) is 0 Å². The van der Waals surface area contributed by atoms with Crippen LogP contribution in [0.5, 0.6) is 0 Å². The number of carbonyl (C=O) groups excluding carboxylic acids is 1. The van der Waals surface area contributed by atoms with E-state index in [-0.39, 0.29) is 17.7 Å². The monoisotopic (exact) mass is 293 g/mol. The second-order valence-electron chi connectivity index (χ2n) is 4.28.